The predicted molar refractivity (Wildman–Crippen MR) is 68.3 cm³/mol. The third-order valence-corrected chi connectivity index (χ3v) is 3.57. The van der Waals surface area contributed by atoms with E-state index >= 15 is 0 Å². The first-order valence-corrected chi connectivity index (χ1v) is 6.16. The van der Waals surface area contributed by atoms with Crippen molar-refractivity contribution in [2.45, 2.75) is 37.3 Å². The molecule has 1 aliphatic rings. The van der Waals surface area contributed by atoms with Gasteiger partial charge in [0.2, 0.25) is 0 Å². The Hall–Kier alpha value is -1.39. The van der Waals surface area contributed by atoms with Crippen molar-refractivity contribution in [3.05, 3.63) is 35.4 Å². The fourth-order valence-electron chi connectivity index (χ4n) is 2.15. The molecule has 0 aromatic heterocycles. The molecule has 1 unspecified atom stereocenters. The Labute approximate surface area is 107 Å². The molecule has 1 aromatic carbocycles. The van der Waals surface area contributed by atoms with E-state index in [1.807, 2.05) is 24.3 Å². The Kier molecular flexibility index (Phi) is 3.68. The van der Waals surface area contributed by atoms with Crippen molar-refractivity contribution in [2.75, 3.05) is 7.11 Å². The maximum Gasteiger partial charge on any atom is 0.305 e. The van der Waals surface area contributed by atoms with Crippen LogP contribution in [0.4, 0.5) is 0 Å². The number of methoxy groups -OCH3 is 1. The number of nitrogens with two attached hydrogens (primary N) is 1. The molecule has 4 nitrogen and oxygen atoms in total. The summed E-state index contributed by atoms with van der Waals surface area (Å²) >= 11 is 0. The lowest BCUT2D eigenvalue weighted by Gasteiger charge is -2.14. The summed E-state index contributed by atoms with van der Waals surface area (Å²) in [6, 6.07) is 7.41. The average Bonchev–Trinajstić information content (AvgIpc) is 3.09. The number of hydrogen-bond acceptors (Lipinski definition) is 3. The largest absolute Gasteiger partial charge is 0.481 e. The third kappa shape index (κ3) is 3.09. The monoisotopic (exact) mass is 249 g/mol. The molecule has 1 aliphatic carbocycles. The lowest BCUT2D eigenvalue weighted by atomic mass is 10.00. The van der Waals surface area contributed by atoms with Crippen molar-refractivity contribution < 1.29 is 14.6 Å². The summed E-state index contributed by atoms with van der Waals surface area (Å²) in [5.74, 6) is -0.872. The molecule has 2 rings (SSSR count). The minimum atomic E-state index is -0.872. The number of hydrogen-bond donors (Lipinski definition) is 2. The second kappa shape index (κ2) is 5.08. The van der Waals surface area contributed by atoms with Crippen molar-refractivity contribution in [1.82, 2.24) is 0 Å². The van der Waals surface area contributed by atoms with Gasteiger partial charge in [0.1, 0.15) is 0 Å². The molecule has 0 radical (unpaired) electrons. The summed E-state index contributed by atoms with van der Waals surface area (Å²) in [5.41, 5.74) is 7.93. The molecule has 3 N–H and O–H groups in total. The van der Waals surface area contributed by atoms with Gasteiger partial charge in [0, 0.05) is 19.6 Å². The number of benzene rings is 1. The topological polar surface area (TPSA) is 72.5 Å². The van der Waals surface area contributed by atoms with Crippen LogP contribution in [-0.2, 0) is 16.0 Å². The molecular formula is C14H19NO3. The number of carboxylic acids is 1. The second-order valence-electron chi connectivity index (χ2n) is 5.01. The second-order valence-corrected chi connectivity index (χ2v) is 5.01. The van der Waals surface area contributed by atoms with Gasteiger partial charge in [-0.2, -0.15) is 0 Å². The Morgan fingerprint density at radius 2 is 2.06 bits per heavy atom. The summed E-state index contributed by atoms with van der Waals surface area (Å²) < 4.78 is 5.48. The maximum absolute atomic E-state index is 10.6. The van der Waals surface area contributed by atoms with E-state index in [2.05, 4.69) is 0 Å². The first kappa shape index (κ1) is 13.1. The van der Waals surface area contributed by atoms with Gasteiger partial charge in [0.25, 0.3) is 0 Å². The highest BCUT2D eigenvalue weighted by Gasteiger charge is 2.42. The summed E-state index contributed by atoms with van der Waals surface area (Å²) in [6.45, 7) is 0. The number of carboxylic acid groups (broad SMARTS) is 1. The molecule has 1 saturated carbocycles. The van der Waals surface area contributed by atoms with Gasteiger partial charge in [0.05, 0.1) is 12.0 Å². The minimum Gasteiger partial charge on any atom is -0.481 e. The van der Waals surface area contributed by atoms with Gasteiger partial charge < -0.3 is 15.6 Å². The first-order valence-electron chi connectivity index (χ1n) is 6.16. The number of aliphatic carboxylic acids is 1. The molecule has 98 valence electrons. The van der Waals surface area contributed by atoms with Gasteiger partial charge in [-0.3, -0.25) is 4.79 Å². The molecule has 0 saturated heterocycles. The van der Waals surface area contributed by atoms with Crippen LogP contribution in [0.2, 0.25) is 0 Å². The van der Waals surface area contributed by atoms with Gasteiger partial charge in [-0.25, -0.2) is 0 Å². The zero-order valence-electron chi connectivity index (χ0n) is 10.6. The van der Waals surface area contributed by atoms with Gasteiger partial charge in [-0.1, -0.05) is 24.3 Å². The molecule has 0 bridgehead atoms. The quantitative estimate of drug-likeness (QED) is 0.807. The van der Waals surface area contributed by atoms with E-state index in [9.17, 15) is 4.79 Å². The van der Waals surface area contributed by atoms with Crippen LogP contribution in [0.25, 0.3) is 0 Å². The molecular weight excluding hydrogens is 230 g/mol. The van der Waals surface area contributed by atoms with Crippen LogP contribution < -0.4 is 5.73 Å². The molecule has 0 aliphatic heterocycles. The number of ether oxygens (including phenoxy) is 1. The maximum atomic E-state index is 10.6. The normalized spacial score (nSPS) is 18.3. The fourth-order valence-corrected chi connectivity index (χ4v) is 2.15. The van der Waals surface area contributed by atoms with Crippen LogP contribution in [0, 0.1) is 0 Å². The number of carbonyl (C=O) groups is 1. The Morgan fingerprint density at radius 1 is 1.44 bits per heavy atom. The van der Waals surface area contributed by atoms with E-state index in [1.54, 1.807) is 7.11 Å². The van der Waals surface area contributed by atoms with E-state index in [4.69, 9.17) is 15.6 Å². The van der Waals surface area contributed by atoms with Gasteiger partial charge in [-0.15, -0.1) is 0 Å². The molecule has 1 atom stereocenters. The van der Waals surface area contributed by atoms with Crippen molar-refractivity contribution in [3.63, 3.8) is 0 Å². The highest BCUT2D eigenvalue weighted by molar-refractivity contribution is 5.67. The van der Waals surface area contributed by atoms with Gasteiger partial charge in [-0.05, 0) is 24.0 Å². The Bertz CT molecular complexity index is 423. The molecule has 1 fully saturated rings. The smallest absolute Gasteiger partial charge is 0.305 e. The highest BCUT2D eigenvalue weighted by Crippen LogP contribution is 2.41. The van der Waals surface area contributed by atoms with E-state index in [0.29, 0.717) is 0 Å². The van der Waals surface area contributed by atoms with Gasteiger partial charge >= 0.3 is 5.97 Å². The van der Waals surface area contributed by atoms with E-state index < -0.39 is 12.0 Å². The van der Waals surface area contributed by atoms with E-state index in [-0.39, 0.29) is 12.0 Å². The van der Waals surface area contributed by atoms with Crippen LogP contribution in [0.15, 0.2) is 24.3 Å². The molecule has 0 amide bonds. The fraction of sp³-hybridized carbons (Fsp3) is 0.500. The van der Waals surface area contributed by atoms with Crippen molar-refractivity contribution in [2.24, 2.45) is 5.73 Å². The third-order valence-electron chi connectivity index (χ3n) is 3.57. The van der Waals surface area contributed by atoms with Crippen LogP contribution in [-0.4, -0.2) is 23.8 Å². The zero-order chi connectivity index (χ0) is 13.2. The van der Waals surface area contributed by atoms with E-state index in [1.165, 1.54) is 5.56 Å². The van der Waals surface area contributed by atoms with E-state index in [0.717, 1.165) is 24.8 Å². The standard InChI is InChI=1S/C14H19NO3/c1-18-14(6-7-14)9-10-2-4-11(5-3-10)12(15)8-13(16)17/h2-5,12H,6-9,15H2,1H3,(H,16,17). The van der Waals surface area contributed by atoms with Gasteiger partial charge in [0.15, 0.2) is 0 Å². The summed E-state index contributed by atoms with van der Waals surface area (Å²) in [7, 11) is 1.75. The minimum absolute atomic E-state index is 0.0403. The van der Waals surface area contributed by atoms with Crippen LogP contribution in [0.3, 0.4) is 0 Å². The summed E-state index contributed by atoms with van der Waals surface area (Å²) in [4.78, 5) is 10.6. The predicted octanol–water partition coefficient (Wildman–Crippen LogP) is 1.88. The summed E-state index contributed by atoms with van der Waals surface area (Å²) in [6.07, 6.45) is 3.10. The molecule has 1 aromatic rings. The van der Waals surface area contributed by atoms with Crippen molar-refractivity contribution >= 4 is 5.97 Å². The zero-order valence-corrected chi connectivity index (χ0v) is 10.6. The highest BCUT2D eigenvalue weighted by atomic mass is 16.5. The lowest BCUT2D eigenvalue weighted by Crippen LogP contribution is -2.16. The number of rotatable bonds is 6. The van der Waals surface area contributed by atoms with Crippen molar-refractivity contribution in [1.29, 1.82) is 0 Å². The van der Waals surface area contributed by atoms with Crippen LogP contribution in [0.1, 0.15) is 36.4 Å². The summed E-state index contributed by atoms with van der Waals surface area (Å²) in [5, 5.41) is 8.70. The SMILES string of the molecule is COC1(Cc2ccc(C(N)CC(=O)O)cc2)CC1. The van der Waals surface area contributed by atoms with Crippen LogP contribution >= 0.6 is 0 Å². The average molecular weight is 249 g/mol. The Morgan fingerprint density at radius 3 is 2.50 bits per heavy atom. The Balaban J connectivity index is 1.99. The molecule has 0 heterocycles. The molecule has 18 heavy (non-hydrogen) atoms. The molecule has 0 spiro atoms. The van der Waals surface area contributed by atoms with Crippen LogP contribution in [0.5, 0.6) is 0 Å². The lowest BCUT2D eigenvalue weighted by molar-refractivity contribution is -0.137. The van der Waals surface area contributed by atoms with Crippen molar-refractivity contribution in [3.8, 4) is 0 Å². The first-order chi connectivity index (χ1) is 8.54. The molecule has 4 heteroatoms.